The quantitative estimate of drug-likeness (QED) is 0.794. The number of halogens is 1. The molecule has 0 aromatic rings. The van der Waals surface area contributed by atoms with Crippen molar-refractivity contribution in [2.45, 2.75) is 66.0 Å². The molecule has 1 amide bonds. The summed E-state index contributed by atoms with van der Waals surface area (Å²) in [7, 11) is 0. The van der Waals surface area contributed by atoms with Crippen LogP contribution < -0.4 is 5.32 Å². The molecule has 0 radical (unpaired) electrons. The van der Waals surface area contributed by atoms with E-state index in [1.807, 2.05) is 20.8 Å². The summed E-state index contributed by atoms with van der Waals surface area (Å²) in [5.74, 6) is 0. The molecule has 0 bridgehead atoms. The van der Waals surface area contributed by atoms with Crippen molar-refractivity contribution in [3.8, 4) is 0 Å². The van der Waals surface area contributed by atoms with Gasteiger partial charge in [-0.2, -0.15) is 0 Å². The van der Waals surface area contributed by atoms with Crippen LogP contribution in [0.3, 0.4) is 0 Å². The number of hydrogen-bond donors (Lipinski definition) is 1. The summed E-state index contributed by atoms with van der Waals surface area (Å²) in [5.41, 5.74) is -0.402. The monoisotopic (exact) mass is 307 g/mol. The van der Waals surface area contributed by atoms with Gasteiger partial charge in [0.15, 0.2) is 0 Å². The van der Waals surface area contributed by atoms with Crippen molar-refractivity contribution in [1.82, 2.24) is 5.32 Å². The van der Waals surface area contributed by atoms with Gasteiger partial charge in [0.2, 0.25) is 0 Å². The molecule has 0 aromatic heterocycles. The van der Waals surface area contributed by atoms with E-state index in [0.29, 0.717) is 0 Å². The average molecular weight is 308 g/mol. The Bertz CT molecular complexity index is 241. The highest BCUT2D eigenvalue weighted by atomic mass is 79.9. The van der Waals surface area contributed by atoms with E-state index >= 15 is 0 Å². The number of carbonyl (C=O) groups is 1. The minimum atomic E-state index is -0.443. The fourth-order valence-corrected chi connectivity index (χ4v) is 1.78. The lowest BCUT2D eigenvalue weighted by molar-refractivity contribution is 0.0459. The third kappa shape index (κ3) is 8.47. The third-order valence-electron chi connectivity index (χ3n) is 2.36. The Hall–Kier alpha value is -0.250. The van der Waals surface area contributed by atoms with Gasteiger partial charge in [-0.3, -0.25) is 0 Å². The summed E-state index contributed by atoms with van der Waals surface area (Å²) in [5, 5.41) is 3.92. The first-order chi connectivity index (χ1) is 7.56. The molecule has 3 nitrogen and oxygen atoms in total. The molecule has 0 saturated heterocycles. The highest BCUT2D eigenvalue weighted by Gasteiger charge is 2.27. The molecule has 1 atom stereocenters. The van der Waals surface area contributed by atoms with E-state index in [1.165, 1.54) is 0 Å². The maximum absolute atomic E-state index is 11.7. The van der Waals surface area contributed by atoms with Gasteiger partial charge in [-0.25, -0.2) is 4.79 Å². The molecule has 102 valence electrons. The highest BCUT2D eigenvalue weighted by Crippen LogP contribution is 2.23. The van der Waals surface area contributed by atoms with E-state index in [9.17, 15) is 4.79 Å². The van der Waals surface area contributed by atoms with Gasteiger partial charge in [-0.15, -0.1) is 0 Å². The van der Waals surface area contributed by atoms with Gasteiger partial charge in [-0.05, 0) is 39.0 Å². The second kappa shape index (κ2) is 6.62. The van der Waals surface area contributed by atoms with Gasteiger partial charge in [-0.1, -0.05) is 36.7 Å². The molecule has 4 heteroatoms. The minimum absolute atomic E-state index is 0.0407. The molecule has 0 aliphatic heterocycles. The lowest BCUT2D eigenvalue weighted by Crippen LogP contribution is -2.45. The first-order valence-corrected chi connectivity index (χ1v) is 7.24. The third-order valence-corrected chi connectivity index (χ3v) is 2.92. The van der Waals surface area contributed by atoms with Crippen LogP contribution in [0.5, 0.6) is 0 Å². The summed E-state index contributed by atoms with van der Waals surface area (Å²) in [6.07, 6.45) is 1.66. The number of nitrogens with one attached hydrogen (secondary N) is 1. The first kappa shape index (κ1) is 16.8. The zero-order valence-electron chi connectivity index (χ0n) is 11.9. The molecule has 17 heavy (non-hydrogen) atoms. The van der Waals surface area contributed by atoms with Crippen molar-refractivity contribution in [1.29, 1.82) is 0 Å². The van der Waals surface area contributed by atoms with Gasteiger partial charge in [0, 0.05) is 11.4 Å². The average Bonchev–Trinajstić information content (AvgIpc) is 2.07. The Morgan fingerprint density at radius 3 is 2.12 bits per heavy atom. The van der Waals surface area contributed by atoms with Gasteiger partial charge in [0.05, 0.1) is 0 Å². The topological polar surface area (TPSA) is 38.3 Å². The standard InChI is InChI=1S/C13H26BrNO2/c1-12(2,3)10(8-7-9-14)15-11(16)17-13(4,5)6/h10H,7-9H2,1-6H3,(H,15,16). The molecular weight excluding hydrogens is 282 g/mol. The largest absolute Gasteiger partial charge is 0.444 e. The SMILES string of the molecule is CC(C)(C)OC(=O)NC(CCCBr)C(C)(C)C. The predicted molar refractivity (Wildman–Crippen MR) is 75.6 cm³/mol. The minimum Gasteiger partial charge on any atom is -0.444 e. The molecule has 1 unspecified atom stereocenters. The van der Waals surface area contributed by atoms with Crippen molar-refractivity contribution < 1.29 is 9.53 Å². The van der Waals surface area contributed by atoms with E-state index in [4.69, 9.17) is 4.74 Å². The second-order valence-electron chi connectivity index (χ2n) is 6.40. The predicted octanol–water partition coefficient (Wildman–Crippen LogP) is 4.10. The number of carbonyl (C=O) groups excluding carboxylic acids is 1. The Balaban J connectivity index is 4.39. The van der Waals surface area contributed by atoms with E-state index < -0.39 is 5.60 Å². The van der Waals surface area contributed by atoms with Crippen LogP contribution in [0.25, 0.3) is 0 Å². The van der Waals surface area contributed by atoms with Crippen LogP contribution in [0.15, 0.2) is 0 Å². The Morgan fingerprint density at radius 1 is 1.24 bits per heavy atom. The second-order valence-corrected chi connectivity index (χ2v) is 7.19. The summed E-state index contributed by atoms with van der Waals surface area (Å²) < 4.78 is 5.28. The number of alkyl halides is 1. The van der Waals surface area contributed by atoms with Crippen LogP contribution in [-0.2, 0) is 4.74 Å². The van der Waals surface area contributed by atoms with Crippen LogP contribution in [0.1, 0.15) is 54.4 Å². The first-order valence-electron chi connectivity index (χ1n) is 6.12. The molecule has 0 rings (SSSR count). The van der Waals surface area contributed by atoms with Crippen molar-refractivity contribution >= 4 is 22.0 Å². The summed E-state index contributed by atoms with van der Waals surface area (Å²) in [4.78, 5) is 11.7. The smallest absolute Gasteiger partial charge is 0.407 e. The molecule has 0 aliphatic carbocycles. The van der Waals surface area contributed by atoms with Crippen molar-refractivity contribution in [3.05, 3.63) is 0 Å². The molecule has 0 saturated carbocycles. The van der Waals surface area contributed by atoms with Crippen LogP contribution in [0, 0.1) is 5.41 Å². The molecule has 0 heterocycles. The normalized spacial score (nSPS) is 14.3. The number of rotatable bonds is 4. The molecule has 0 aromatic carbocycles. The summed E-state index contributed by atoms with van der Waals surface area (Å²) in [6, 6.07) is 0.134. The van der Waals surface area contributed by atoms with Crippen LogP contribution in [-0.4, -0.2) is 23.1 Å². The number of alkyl carbamates (subject to hydrolysis) is 1. The van der Waals surface area contributed by atoms with Gasteiger partial charge < -0.3 is 10.1 Å². The van der Waals surface area contributed by atoms with E-state index in [1.54, 1.807) is 0 Å². The molecule has 1 N–H and O–H groups in total. The van der Waals surface area contributed by atoms with Crippen LogP contribution in [0.2, 0.25) is 0 Å². The van der Waals surface area contributed by atoms with E-state index in [-0.39, 0.29) is 17.6 Å². The molecular formula is C13H26BrNO2. The Kier molecular flexibility index (Phi) is 6.52. The molecule has 0 fully saturated rings. The van der Waals surface area contributed by atoms with Crippen LogP contribution in [0.4, 0.5) is 4.79 Å². The summed E-state index contributed by atoms with van der Waals surface area (Å²) >= 11 is 3.42. The lowest BCUT2D eigenvalue weighted by Gasteiger charge is -2.32. The number of ether oxygens (including phenoxy) is 1. The van der Waals surface area contributed by atoms with Gasteiger partial charge in [0.25, 0.3) is 0 Å². The van der Waals surface area contributed by atoms with Crippen molar-refractivity contribution in [2.75, 3.05) is 5.33 Å². The van der Waals surface area contributed by atoms with Gasteiger partial charge >= 0.3 is 6.09 Å². The van der Waals surface area contributed by atoms with E-state index in [0.717, 1.165) is 18.2 Å². The van der Waals surface area contributed by atoms with E-state index in [2.05, 4.69) is 42.0 Å². The zero-order valence-corrected chi connectivity index (χ0v) is 13.5. The Morgan fingerprint density at radius 2 is 1.76 bits per heavy atom. The maximum atomic E-state index is 11.7. The van der Waals surface area contributed by atoms with Crippen molar-refractivity contribution in [2.24, 2.45) is 5.41 Å². The number of hydrogen-bond acceptors (Lipinski definition) is 2. The molecule has 0 aliphatic rings. The Labute approximate surface area is 114 Å². The zero-order chi connectivity index (χ0) is 13.7. The maximum Gasteiger partial charge on any atom is 0.407 e. The fourth-order valence-electron chi connectivity index (χ4n) is 1.45. The lowest BCUT2D eigenvalue weighted by atomic mass is 9.84. The fraction of sp³-hybridized carbons (Fsp3) is 0.923. The van der Waals surface area contributed by atoms with Gasteiger partial charge in [0.1, 0.15) is 5.60 Å². The summed E-state index contributed by atoms with van der Waals surface area (Å²) in [6.45, 7) is 12.0. The van der Waals surface area contributed by atoms with Crippen molar-refractivity contribution in [3.63, 3.8) is 0 Å². The number of amides is 1. The van der Waals surface area contributed by atoms with Crippen LogP contribution >= 0.6 is 15.9 Å². The highest BCUT2D eigenvalue weighted by molar-refractivity contribution is 9.09. The molecule has 0 spiro atoms.